The average Bonchev–Trinajstić information content (AvgIpc) is 3.11. The number of rotatable bonds is 5. The first-order chi connectivity index (χ1) is 12.7. The molecule has 0 saturated carbocycles. The van der Waals surface area contributed by atoms with E-state index in [4.69, 9.17) is 10.5 Å². The molecule has 144 valence electrons. The van der Waals surface area contributed by atoms with Gasteiger partial charge in [-0.15, -0.1) is 11.8 Å². The van der Waals surface area contributed by atoms with Gasteiger partial charge in [0.15, 0.2) is 6.10 Å². The van der Waals surface area contributed by atoms with Crippen LogP contribution in [-0.4, -0.2) is 51.4 Å². The second-order valence-corrected chi connectivity index (χ2v) is 8.28. The van der Waals surface area contributed by atoms with E-state index < -0.39 is 29.9 Å². The summed E-state index contributed by atoms with van der Waals surface area (Å²) in [5.74, 6) is -1.24. The van der Waals surface area contributed by atoms with Crippen LogP contribution in [0.2, 0.25) is 0 Å². The van der Waals surface area contributed by atoms with Gasteiger partial charge >= 0.3 is 5.97 Å². The van der Waals surface area contributed by atoms with E-state index in [0.29, 0.717) is 29.8 Å². The van der Waals surface area contributed by atoms with Crippen molar-refractivity contribution >= 4 is 41.1 Å². The second kappa shape index (κ2) is 7.22. The molecule has 2 aliphatic rings. The fourth-order valence-corrected chi connectivity index (χ4v) is 4.68. The zero-order chi connectivity index (χ0) is 19.8. The van der Waals surface area contributed by atoms with E-state index in [9.17, 15) is 19.2 Å². The highest BCUT2D eigenvalue weighted by molar-refractivity contribution is 8.01. The normalized spacial score (nSPS) is 25.0. The van der Waals surface area contributed by atoms with Gasteiger partial charge in [0.2, 0.25) is 11.8 Å². The van der Waals surface area contributed by atoms with E-state index in [2.05, 4.69) is 5.32 Å². The molecule has 0 unspecified atom stereocenters. The molecule has 27 heavy (non-hydrogen) atoms. The number of benzene rings is 1. The van der Waals surface area contributed by atoms with Crippen molar-refractivity contribution in [2.24, 2.45) is 5.73 Å². The van der Waals surface area contributed by atoms with Gasteiger partial charge in [-0.2, -0.15) is 0 Å². The number of esters is 1. The number of nitrogens with two attached hydrogens (primary N) is 1. The van der Waals surface area contributed by atoms with E-state index in [1.54, 1.807) is 16.7 Å². The predicted octanol–water partition coefficient (Wildman–Crippen LogP) is 1.11. The molecule has 3 rings (SSSR count). The molecular weight excluding hydrogens is 370 g/mol. The van der Waals surface area contributed by atoms with Crippen LogP contribution in [0.25, 0.3) is 0 Å². The number of ether oxygens (including phenoxy) is 1. The van der Waals surface area contributed by atoms with Crippen molar-refractivity contribution in [3.8, 4) is 0 Å². The third-order valence-corrected chi connectivity index (χ3v) is 6.32. The topological polar surface area (TPSA) is 119 Å². The Morgan fingerprint density at radius 2 is 2.00 bits per heavy atom. The molecule has 0 aliphatic carbocycles. The fourth-order valence-electron chi connectivity index (χ4n) is 3.26. The molecule has 3 amide bonds. The zero-order valence-corrected chi connectivity index (χ0v) is 15.9. The summed E-state index contributed by atoms with van der Waals surface area (Å²) in [7, 11) is 0. The third kappa shape index (κ3) is 3.78. The molecule has 3 N–H and O–H groups in total. The lowest BCUT2D eigenvalue weighted by Gasteiger charge is -2.29. The summed E-state index contributed by atoms with van der Waals surface area (Å²) in [4.78, 5) is 49.2. The van der Waals surface area contributed by atoms with E-state index in [0.717, 1.165) is 0 Å². The van der Waals surface area contributed by atoms with Gasteiger partial charge in [-0.05, 0) is 44.5 Å². The Hall–Kier alpha value is -2.55. The number of amides is 3. The number of hydrogen-bond acceptors (Lipinski definition) is 6. The molecule has 9 heteroatoms. The lowest BCUT2D eigenvalue weighted by atomic mass is 10.2. The molecule has 3 atom stereocenters. The number of nitrogens with zero attached hydrogens (tertiary/aromatic N) is 1. The fraction of sp³-hybridized carbons (Fsp3) is 0.444. The summed E-state index contributed by atoms with van der Waals surface area (Å²) in [5.41, 5.74) is 5.94. The molecule has 2 saturated heterocycles. The number of carbonyl (C=O) groups excluding carboxylic acids is 4. The van der Waals surface area contributed by atoms with Crippen molar-refractivity contribution < 1.29 is 23.9 Å². The molecule has 1 aromatic carbocycles. The summed E-state index contributed by atoms with van der Waals surface area (Å²) in [6.07, 6.45) is 0.102. The number of hydrogen-bond donors (Lipinski definition) is 2. The minimum Gasteiger partial charge on any atom is -0.451 e. The lowest BCUT2D eigenvalue weighted by Crippen LogP contribution is -2.48. The number of anilines is 1. The monoisotopic (exact) mass is 391 g/mol. The van der Waals surface area contributed by atoms with Gasteiger partial charge in [0.05, 0.1) is 4.87 Å². The van der Waals surface area contributed by atoms with E-state index in [1.165, 1.54) is 31.2 Å². The maximum atomic E-state index is 12.5. The van der Waals surface area contributed by atoms with Gasteiger partial charge in [0, 0.05) is 23.4 Å². The molecular formula is C18H21N3O5S. The van der Waals surface area contributed by atoms with E-state index in [1.807, 2.05) is 6.92 Å². The molecule has 2 aliphatic heterocycles. The Balaban J connectivity index is 1.58. The summed E-state index contributed by atoms with van der Waals surface area (Å²) >= 11 is 1.56. The van der Waals surface area contributed by atoms with Gasteiger partial charge in [0.25, 0.3) is 5.91 Å². The van der Waals surface area contributed by atoms with Gasteiger partial charge in [0.1, 0.15) is 6.04 Å². The van der Waals surface area contributed by atoms with Crippen molar-refractivity contribution in [3.05, 3.63) is 29.8 Å². The van der Waals surface area contributed by atoms with Crippen LogP contribution in [0.1, 0.15) is 37.0 Å². The summed E-state index contributed by atoms with van der Waals surface area (Å²) < 4.78 is 5.30. The highest BCUT2D eigenvalue weighted by Gasteiger charge is 2.53. The highest BCUT2D eigenvalue weighted by atomic mass is 32.2. The standard InChI is InChI=1S/C18H21N3O5S/c1-10(16(24)20-12-5-3-11(4-6-12)15(19)23)26-17(25)13-9-27-18(2)8-7-14(22)21(13)18/h3-6,10,13H,7-9H2,1-2H3,(H2,19,23)(H,20,24)/t10-,13-,18+/m1/s1. The van der Waals surface area contributed by atoms with Crippen LogP contribution in [0.5, 0.6) is 0 Å². The smallest absolute Gasteiger partial charge is 0.330 e. The van der Waals surface area contributed by atoms with Crippen LogP contribution in [0.3, 0.4) is 0 Å². The van der Waals surface area contributed by atoms with E-state index in [-0.39, 0.29) is 10.8 Å². The van der Waals surface area contributed by atoms with Crippen molar-refractivity contribution in [2.75, 3.05) is 11.1 Å². The van der Waals surface area contributed by atoms with Gasteiger partial charge in [-0.3, -0.25) is 14.4 Å². The number of primary amides is 1. The molecule has 2 heterocycles. The molecule has 0 bridgehead atoms. The Morgan fingerprint density at radius 1 is 1.33 bits per heavy atom. The molecule has 2 fully saturated rings. The lowest BCUT2D eigenvalue weighted by molar-refractivity contribution is -0.160. The minimum atomic E-state index is -1.03. The molecule has 8 nitrogen and oxygen atoms in total. The largest absolute Gasteiger partial charge is 0.451 e. The minimum absolute atomic E-state index is 0.0592. The number of fused-ring (bicyclic) bond motifs is 1. The van der Waals surface area contributed by atoms with Crippen molar-refractivity contribution in [1.29, 1.82) is 0 Å². The van der Waals surface area contributed by atoms with Gasteiger partial charge < -0.3 is 20.7 Å². The Morgan fingerprint density at radius 3 is 2.63 bits per heavy atom. The molecule has 1 aromatic rings. The van der Waals surface area contributed by atoms with E-state index >= 15 is 0 Å². The molecule has 0 aromatic heterocycles. The van der Waals surface area contributed by atoms with Crippen molar-refractivity contribution in [3.63, 3.8) is 0 Å². The van der Waals surface area contributed by atoms with Crippen LogP contribution >= 0.6 is 11.8 Å². The number of carbonyl (C=O) groups is 4. The second-order valence-electron chi connectivity index (χ2n) is 6.78. The molecule has 0 spiro atoms. The number of thioether (sulfide) groups is 1. The van der Waals surface area contributed by atoms with Gasteiger partial charge in [-0.1, -0.05) is 0 Å². The summed E-state index contributed by atoms with van der Waals surface area (Å²) in [6, 6.07) is 5.39. The number of nitrogens with one attached hydrogen (secondary N) is 1. The first-order valence-electron chi connectivity index (χ1n) is 8.58. The van der Waals surface area contributed by atoms with Crippen molar-refractivity contribution in [1.82, 2.24) is 4.90 Å². The Labute approximate surface area is 160 Å². The van der Waals surface area contributed by atoms with Crippen LogP contribution in [-0.2, 0) is 19.1 Å². The first kappa shape index (κ1) is 19.2. The maximum Gasteiger partial charge on any atom is 0.330 e. The molecule has 0 radical (unpaired) electrons. The zero-order valence-electron chi connectivity index (χ0n) is 15.1. The SMILES string of the molecule is C[C@@H](OC(=O)[C@H]1CS[C@@]2(C)CCC(=O)N12)C(=O)Nc1ccc(C(N)=O)cc1. The quantitative estimate of drug-likeness (QED) is 0.726. The van der Waals surface area contributed by atoms with Crippen LogP contribution in [0.4, 0.5) is 5.69 Å². The predicted molar refractivity (Wildman–Crippen MR) is 99.9 cm³/mol. The van der Waals surface area contributed by atoms with Crippen LogP contribution in [0, 0.1) is 0 Å². The van der Waals surface area contributed by atoms with Crippen LogP contribution < -0.4 is 11.1 Å². The van der Waals surface area contributed by atoms with Gasteiger partial charge in [-0.25, -0.2) is 4.79 Å². The Kier molecular flexibility index (Phi) is 5.14. The summed E-state index contributed by atoms with van der Waals surface area (Å²) in [6.45, 7) is 3.42. The third-order valence-electron chi connectivity index (χ3n) is 4.82. The van der Waals surface area contributed by atoms with Crippen LogP contribution in [0.15, 0.2) is 24.3 Å². The maximum absolute atomic E-state index is 12.5. The first-order valence-corrected chi connectivity index (χ1v) is 9.57. The highest BCUT2D eigenvalue weighted by Crippen LogP contribution is 2.47. The summed E-state index contributed by atoms with van der Waals surface area (Å²) in [5, 5.41) is 2.61. The Bertz CT molecular complexity index is 797. The average molecular weight is 391 g/mol. The van der Waals surface area contributed by atoms with Crippen molar-refractivity contribution in [2.45, 2.75) is 43.7 Å².